The van der Waals surface area contributed by atoms with Gasteiger partial charge in [0, 0.05) is 5.56 Å². The number of hydrogen-bond acceptors (Lipinski definition) is 4. The largest absolute Gasteiger partial charge is 0.416 e. The maximum Gasteiger partial charge on any atom is 0.416 e. The molecule has 2 aromatic rings. The van der Waals surface area contributed by atoms with Crippen LogP contribution in [0.4, 0.5) is 13.2 Å². The van der Waals surface area contributed by atoms with Gasteiger partial charge in [0.15, 0.2) is 0 Å². The van der Waals surface area contributed by atoms with Crippen LogP contribution < -0.4 is 0 Å². The number of alkyl halides is 3. The van der Waals surface area contributed by atoms with Gasteiger partial charge in [-0.05, 0) is 24.6 Å². The molecule has 19 heavy (non-hydrogen) atoms. The van der Waals surface area contributed by atoms with Gasteiger partial charge in [-0.3, -0.25) is 0 Å². The zero-order valence-electron chi connectivity index (χ0n) is 9.98. The molecule has 1 heterocycles. The van der Waals surface area contributed by atoms with Crippen LogP contribution in [0.25, 0.3) is 11.5 Å². The van der Waals surface area contributed by atoms with Gasteiger partial charge in [-0.15, -0.1) is 0 Å². The molecule has 0 aliphatic rings. The van der Waals surface area contributed by atoms with Gasteiger partial charge >= 0.3 is 6.18 Å². The molecule has 1 atom stereocenters. The van der Waals surface area contributed by atoms with Crippen molar-refractivity contribution in [2.24, 2.45) is 0 Å². The highest BCUT2D eigenvalue weighted by molar-refractivity contribution is 5.54. The summed E-state index contributed by atoms with van der Waals surface area (Å²) >= 11 is 0. The number of benzene rings is 1. The van der Waals surface area contributed by atoms with Crippen molar-refractivity contribution < 1.29 is 22.8 Å². The molecule has 0 amide bonds. The van der Waals surface area contributed by atoms with Gasteiger partial charge in [0.25, 0.3) is 5.89 Å². The molecular formula is C12H11F3N2O2. The first-order valence-corrected chi connectivity index (χ1v) is 5.61. The highest BCUT2D eigenvalue weighted by Gasteiger charge is 2.31. The zero-order valence-corrected chi connectivity index (χ0v) is 9.98. The summed E-state index contributed by atoms with van der Waals surface area (Å²) in [5, 5.41) is 13.0. The standard InChI is InChI=1S/C12H11F3N2O2/c1-2-9(18)10-16-11(19-17-10)7-4-3-5-8(6-7)12(13,14)15/h3-6,9,18H,2H2,1H3. The quantitative estimate of drug-likeness (QED) is 0.932. The maximum atomic E-state index is 12.6. The Hall–Kier alpha value is -1.89. The molecule has 0 saturated heterocycles. The van der Waals surface area contributed by atoms with Gasteiger partial charge in [-0.2, -0.15) is 18.2 Å². The van der Waals surface area contributed by atoms with E-state index in [0.717, 1.165) is 12.1 Å². The molecule has 1 aromatic heterocycles. The maximum absolute atomic E-state index is 12.6. The van der Waals surface area contributed by atoms with E-state index >= 15 is 0 Å². The fraction of sp³-hybridized carbons (Fsp3) is 0.333. The Kier molecular flexibility index (Phi) is 3.57. The molecule has 102 valence electrons. The molecule has 7 heteroatoms. The average molecular weight is 272 g/mol. The van der Waals surface area contributed by atoms with Crippen LogP contribution in [0.5, 0.6) is 0 Å². The highest BCUT2D eigenvalue weighted by atomic mass is 19.4. The van der Waals surface area contributed by atoms with E-state index in [1.165, 1.54) is 12.1 Å². The fourth-order valence-corrected chi connectivity index (χ4v) is 1.50. The summed E-state index contributed by atoms with van der Waals surface area (Å²) in [7, 11) is 0. The molecule has 0 aliphatic carbocycles. The summed E-state index contributed by atoms with van der Waals surface area (Å²) in [4.78, 5) is 3.88. The first-order chi connectivity index (χ1) is 8.91. The molecule has 0 bridgehead atoms. The van der Waals surface area contributed by atoms with Crippen molar-refractivity contribution in [3.63, 3.8) is 0 Å². The van der Waals surface area contributed by atoms with Crippen LogP contribution in [-0.2, 0) is 6.18 Å². The highest BCUT2D eigenvalue weighted by Crippen LogP contribution is 2.31. The van der Waals surface area contributed by atoms with E-state index in [1.807, 2.05) is 0 Å². The van der Waals surface area contributed by atoms with Gasteiger partial charge in [0.1, 0.15) is 6.10 Å². The lowest BCUT2D eigenvalue weighted by atomic mass is 10.1. The number of aromatic nitrogens is 2. The van der Waals surface area contributed by atoms with Crippen molar-refractivity contribution in [1.82, 2.24) is 10.1 Å². The second kappa shape index (κ2) is 5.00. The Morgan fingerprint density at radius 1 is 1.37 bits per heavy atom. The molecule has 0 radical (unpaired) electrons. The van der Waals surface area contributed by atoms with E-state index in [1.54, 1.807) is 6.92 Å². The molecule has 4 nitrogen and oxygen atoms in total. The molecule has 1 unspecified atom stereocenters. The van der Waals surface area contributed by atoms with Gasteiger partial charge in [-0.1, -0.05) is 18.1 Å². The van der Waals surface area contributed by atoms with Crippen LogP contribution in [0.15, 0.2) is 28.8 Å². The van der Waals surface area contributed by atoms with E-state index in [4.69, 9.17) is 4.52 Å². The monoisotopic (exact) mass is 272 g/mol. The molecule has 0 aliphatic heterocycles. The number of halogens is 3. The number of nitrogens with zero attached hydrogens (tertiary/aromatic N) is 2. The van der Waals surface area contributed by atoms with Crippen LogP contribution in [0, 0.1) is 0 Å². The lowest BCUT2D eigenvalue weighted by molar-refractivity contribution is -0.137. The second-order valence-electron chi connectivity index (χ2n) is 3.96. The van der Waals surface area contributed by atoms with Crippen LogP contribution in [0.3, 0.4) is 0 Å². The van der Waals surface area contributed by atoms with Gasteiger partial charge in [-0.25, -0.2) is 0 Å². The fourth-order valence-electron chi connectivity index (χ4n) is 1.50. The Bertz CT molecular complexity index is 566. The van der Waals surface area contributed by atoms with Gasteiger partial charge in [0.05, 0.1) is 5.56 Å². The number of hydrogen-bond donors (Lipinski definition) is 1. The van der Waals surface area contributed by atoms with Crippen molar-refractivity contribution in [2.45, 2.75) is 25.6 Å². The third kappa shape index (κ3) is 2.93. The molecule has 0 saturated carbocycles. The first kappa shape index (κ1) is 13.5. The van der Waals surface area contributed by atoms with E-state index in [9.17, 15) is 18.3 Å². The first-order valence-electron chi connectivity index (χ1n) is 5.61. The number of rotatable bonds is 3. The van der Waals surface area contributed by atoms with E-state index in [2.05, 4.69) is 10.1 Å². The molecule has 1 aromatic carbocycles. The zero-order chi connectivity index (χ0) is 14.0. The summed E-state index contributed by atoms with van der Waals surface area (Å²) in [6.45, 7) is 1.73. The Balaban J connectivity index is 2.34. The van der Waals surface area contributed by atoms with E-state index < -0.39 is 17.8 Å². The smallest absolute Gasteiger partial charge is 0.385 e. The minimum absolute atomic E-state index is 0.0476. The van der Waals surface area contributed by atoms with Crippen molar-refractivity contribution in [3.8, 4) is 11.5 Å². The normalized spacial score (nSPS) is 13.5. The average Bonchev–Trinajstić information content (AvgIpc) is 2.86. The Labute approximate surface area is 106 Å². The van der Waals surface area contributed by atoms with Crippen LogP contribution >= 0.6 is 0 Å². The summed E-state index contributed by atoms with van der Waals surface area (Å²) in [5.74, 6) is 0.0171. The van der Waals surface area contributed by atoms with Crippen molar-refractivity contribution >= 4 is 0 Å². The summed E-state index contributed by atoms with van der Waals surface area (Å²) in [6, 6.07) is 4.58. The Morgan fingerprint density at radius 3 is 2.74 bits per heavy atom. The minimum atomic E-state index is -4.43. The SMILES string of the molecule is CCC(O)c1noc(-c2cccc(C(F)(F)F)c2)n1. The van der Waals surface area contributed by atoms with Crippen molar-refractivity contribution in [1.29, 1.82) is 0 Å². The second-order valence-corrected chi connectivity index (χ2v) is 3.96. The molecule has 0 fully saturated rings. The van der Waals surface area contributed by atoms with Crippen LogP contribution in [0.1, 0.15) is 30.8 Å². The number of aliphatic hydroxyl groups is 1. The lowest BCUT2D eigenvalue weighted by Gasteiger charge is -2.06. The summed E-state index contributed by atoms with van der Waals surface area (Å²) in [6.07, 6.45) is -4.92. The summed E-state index contributed by atoms with van der Waals surface area (Å²) < 4.78 is 42.5. The molecule has 0 spiro atoms. The molecular weight excluding hydrogens is 261 g/mol. The predicted octanol–water partition coefficient (Wildman–Crippen LogP) is 3.20. The van der Waals surface area contributed by atoms with E-state index in [-0.39, 0.29) is 17.3 Å². The summed E-state index contributed by atoms with van der Waals surface area (Å²) in [5.41, 5.74) is -0.627. The van der Waals surface area contributed by atoms with Crippen molar-refractivity contribution in [3.05, 3.63) is 35.7 Å². The van der Waals surface area contributed by atoms with Crippen LogP contribution in [0.2, 0.25) is 0 Å². The van der Waals surface area contributed by atoms with E-state index in [0.29, 0.717) is 6.42 Å². The topological polar surface area (TPSA) is 59.2 Å². The number of aliphatic hydroxyl groups excluding tert-OH is 1. The Morgan fingerprint density at radius 2 is 2.11 bits per heavy atom. The van der Waals surface area contributed by atoms with Gasteiger partial charge in [0.2, 0.25) is 5.82 Å². The predicted molar refractivity (Wildman–Crippen MR) is 60.0 cm³/mol. The third-order valence-corrected chi connectivity index (χ3v) is 2.56. The molecule has 2 rings (SSSR count). The molecule has 1 N–H and O–H groups in total. The minimum Gasteiger partial charge on any atom is -0.385 e. The van der Waals surface area contributed by atoms with Crippen molar-refractivity contribution in [2.75, 3.05) is 0 Å². The lowest BCUT2D eigenvalue weighted by Crippen LogP contribution is -2.04. The third-order valence-electron chi connectivity index (χ3n) is 2.56. The van der Waals surface area contributed by atoms with Crippen LogP contribution in [-0.4, -0.2) is 15.2 Å². The van der Waals surface area contributed by atoms with Gasteiger partial charge < -0.3 is 9.63 Å².